The molecule has 0 aromatic heterocycles. The number of alkyl halides is 1. The summed E-state index contributed by atoms with van der Waals surface area (Å²) in [6.45, 7) is 0. The molecule has 0 amide bonds. The van der Waals surface area contributed by atoms with E-state index >= 15 is 0 Å². The molecular formula is C6H13ClN2. The first-order valence-corrected chi connectivity index (χ1v) is 3.78. The molecule has 1 aliphatic rings. The van der Waals surface area contributed by atoms with Crippen LogP contribution in [0.1, 0.15) is 25.7 Å². The molecule has 1 rings (SSSR count). The van der Waals surface area contributed by atoms with E-state index in [1.807, 2.05) is 0 Å². The molecule has 0 bridgehead atoms. The third-order valence-electron chi connectivity index (χ3n) is 1.90. The fourth-order valence-corrected chi connectivity index (χ4v) is 1.44. The number of rotatable bonds is 0. The van der Waals surface area contributed by atoms with Crippen molar-refractivity contribution in [3.63, 3.8) is 0 Å². The van der Waals surface area contributed by atoms with E-state index in [0.29, 0.717) is 0 Å². The quantitative estimate of drug-likeness (QED) is 0.394. The van der Waals surface area contributed by atoms with Crippen molar-refractivity contribution in [2.24, 2.45) is 11.5 Å². The van der Waals surface area contributed by atoms with Crippen LogP contribution in [0.5, 0.6) is 0 Å². The summed E-state index contributed by atoms with van der Waals surface area (Å²) in [4.78, 5) is 0. The average molecular weight is 149 g/mol. The third-order valence-corrected chi connectivity index (χ3v) is 2.53. The van der Waals surface area contributed by atoms with Gasteiger partial charge in [0.25, 0.3) is 0 Å². The van der Waals surface area contributed by atoms with Gasteiger partial charge in [0.1, 0.15) is 0 Å². The molecule has 3 heteroatoms. The summed E-state index contributed by atoms with van der Waals surface area (Å²) in [5.41, 5.74) is 10.7. The van der Waals surface area contributed by atoms with Crippen LogP contribution in [0.25, 0.3) is 0 Å². The zero-order chi connectivity index (χ0) is 6.91. The highest BCUT2D eigenvalue weighted by Gasteiger charge is 2.31. The van der Waals surface area contributed by atoms with Crippen LogP contribution in [0.3, 0.4) is 0 Å². The molecule has 54 valence electrons. The average Bonchev–Trinajstić information content (AvgIpc) is 1.77. The maximum atomic E-state index is 5.86. The molecule has 1 aliphatic carbocycles. The highest BCUT2D eigenvalue weighted by Crippen LogP contribution is 2.26. The first-order valence-electron chi connectivity index (χ1n) is 3.35. The van der Waals surface area contributed by atoms with Crippen molar-refractivity contribution in [2.75, 3.05) is 0 Å². The summed E-state index contributed by atoms with van der Waals surface area (Å²) in [5, 5.41) is -0.0220. The summed E-state index contributed by atoms with van der Waals surface area (Å²) in [5.74, 6) is 0. The molecule has 1 fully saturated rings. The molecule has 0 saturated heterocycles. The molecule has 2 nitrogen and oxygen atoms in total. The fraction of sp³-hybridized carbons (Fsp3) is 1.00. The minimum Gasteiger partial charge on any atom is -0.312 e. The van der Waals surface area contributed by atoms with Gasteiger partial charge in [0.05, 0.1) is 11.0 Å². The van der Waals surface area contributed by atoms with Crippen LogP contribution in [-0.4, -0.2) is 11.0 Å². The Morgan fingerprint density at radius 1 is 1.33 bits per heavy atom. The fourth-order valence-electron chi connectivity index (χ4n) is 1.18. The van der Waals surface area contributed by atoms with Gasteiger partial charge in [-0.2, -0.15) is 0 Å². The van der Waals surface area contributed by atoms with E-state index in [0.717, 1.165) is 19.3 Å². The Morgan fingerprint density at radius 2 is 2.00 bits per heavy atom. The van der Waals surface area contributed by atoms with Crippen molar-refractivity contribution >= 4 is 11.6 Å². The van der Waals surface area contributed by atoms with Gasteiger partial charge < -0.3 is 11.5 Å². The number of nitrogens with two attached hydrogens (primary N) is 2. The van der Waals surface area contributed by atoms with E-state index in [1.54, 1.807) is 0 Å². The van der Waals surface area contributed by atoms with E-state index in [1.165, 1.54) is 6.42 Å². The van der Waals surface area contributed by atoms with Crippen LogP contribution in [0.15, 0.2) is 0 Å². The summed E-state index contributed by atoms with van der Waals surface area (Å²) in [7, 11) is 0. The van der Waals surface area contributed by atoms with Crippen molar-refractivity contribution in [3.8, 4) is 0 Å². The highest BCUT2D eigenvalue weighted by molar-refractivity contribution is 6.21. The van der Waals surface area contributed by atoms with Crippen molar-refractivity contribution in [2.45, 2.75) is 36.7 Å². The lowest BCUT2D eigenvalue weighted by molar-refractivity contribution is 0.312. The molecule has 1 atom stereocenters. The summed E-state index contributed by atoms with van der Waals surface area (Å²) in [6.07, 6.45) is 4.12. The van der Waals surface area contributed by atoms with Crippen molar-refractivity contribution in [3.05, 3.63) is 0 Å². The van der Waals surface area contributed by atoms with Gasteiger partial charge in [-0.1, -0.05) is 12.8 Å². The minimum absolute atomic E-state index is 0.0220. The molecule has 0 aromatic carbocycles. The van der Waals surface area contributed by atoms with Crippen LogP contribution < -0.4 is 11.5 Å². The highest BCUT2D eigenvalue weighted by atomic mass is 35.5. The van der Waals surface area contributed by atoms with Gasteiger partial charge in [0, 0.05) is 0 Å². The molecular weight excluding hydrogens is 136 g/mol. The van der Waals surface area contributed by atoms with Crippen LogP contribution in [-0.2, 0) is 0 Å². The summed E-state index contributed by atoms with van der Waals surface area (Å²) >= 11 is 5.86. The van der Waals surface area contributed by atoms with Gasteiger partial charge in [-0.05, 0) is 12.8 Å². The zero-order valence-corrected chi connectivity index (χ0v) is 6.19. The number of halogens is 1. The maximum Gasteiger partial charge on any atom is 0.0804 e. The van der Waals surface area contributed by atoms with Gasteiger partial charge in [-0.15, -0.1) is 11.6 Å². The second-order valence-corrected chi connectivity index (χ2v) is 3.35. The van der Waals surface area contributed by atoms with Crippen LogP contribution in [0.4, 0.5) is 0 Å². The van der Waals surface area contributed by atoms with Gasteiger partial charge in [-0.3, -0.25) is 0 Å². The Kier molecular flexibility index (Phi) is 1.99. The first-order chi connectivity index (χ1) is 4.13. The molecule has 0 aromatic rings. The Bertz CT molecular complexity index is 103. The second kappa shape index (κ2) is 2.45. The predicted molar refractivity (Wildman–Crippen MR) is 39.2 cm³/mol. The monoisotopic (exact) mass is 148 g/mol. The van der Waals surface area contributed by atoms with E-state index < -0.39 is 5.66 Å². The van der Waals surface area contributed by atoms with E-state index in [4.69, 9.17) is 23.1 Å². The maximum absolute atomic E-state index is 5.86. The van der Waals surface area contributed by atoms with Crippen molar-refractivity contribution in [1.82, 2.24) is 0 Å². The Balaban J connectivity index is 2.49. The van der Waals surface area contributed by atoms with Crippen LogP contribution in [0.2, 0.25) is 0 Å². The summed E-state index contributed by atoms with van der Waals surface area (Å²) in [6, 6.07) is 0. The van der Waals surface area contributed by atoms with E-state index in [2.05, 4.69) is 0 Å². The molecule has 1 saturated carbocycles. The van der Waals surface area contributed by atoms with E-state index in [9.17, 15) is 0 Å². The molecule has 0 heterocycles. The standard InChI is InChI=1S/C6H13ClN2/c7-5-3-1-2-4-6(5,8)9/h5H,1-4,8-9H2. The normalized spacial score (nSPS) is 34.3. The molecule has 0 spiro atoms. The zero-order valence-electron chi connectivity index (χ0n) is 5.44. The topological polar surface area (TPSA) is 52.0 Å². The Labute approximate surface area is 60.5 Å². The van der Waals surface area contributed by atoms with E-state index in [-0.39, 0.29) is 5.38 Å². The minimum atomic E-state index is -0.597. The van der Waals surface area contributed by atoms with Gasteiger partial charge in [0.2, 0.25) is 0 Å². The lowest BCUT2D eigenvalue weighted by Crippen LogP contribution is -2.58. The lowest BCUT2D eigenvalue weighted by Gasteiger charge is -2.33. The largest absolute Gasteiger partial charge is 0.312 e. The van der Waals surface area contributed by atoms with Crippen molar-refractivity contribution in [1.29, 1.82) is 0 Å². The Morgan fingerprint density at radius 3 is 2.33 bits per heavy atom. The Hall–Kier alpha value is 0.210. The van der Waals surface area contributed by atoms with Crippen molar-refractivity contribution < 1.29 is 0 Å². The summed E-state index contributed by atoms with van der Waals surface area (Å²) < 4.78 is 0. The van der Waals surface area contributed by atoms with Crippen LogP contribution >= 0.6 is 11.6 Å². The number of hydrogen-bond acceptors (Lipinski definition) is 2. The van der Waals surface area contributed by atoms with Crippen LogP contribution in [0, 0.1) is 0 Å². The molecule has 1 unspecified atom stereocenters. The molecule has 9 heavy (non-hydrogen) atoms. The first kappa shape index (κ1) is 7.32. The number of hydrogen-bond donors (Lipinski definition) is 2. The SMILES string of the molecule is NC1(N)CCCCC1Cl. The molecule has 4 N–H and O–H groups in total. The third kappa shape index (κ3) is 1.57. The van der Waals surface area contributed by atoms with Gasteiger partial charge in [0.15, 0.2) is 0 Å². The molecule has 0 aliphatic heterocycles. The van der Waals surface area contributed by atoms with Gasteiger partial charge in [-0.25, -0.2) is 0 Å². The predicted octanol–water partition coefficient (Wildman–Crippen LogP) is 0.781. The lowest BCUT2D eigenvalue weighted by atomic mass is 9.90. The van der Waals surface area contributed by atoms with Gasteiger partial charge >= 0.3 is 0 Å². The smallest absolute Gasteiger partial charge is 0.0804 e. The second-order valence-electron chi connectivity index (χ2n) is 2.83. The molecule has 0 radical (unpaired) electrons.